The predicted octanol–water partition coefficient (Wildman–Crippen LogP) is 2.80. The lowest BCUT2D eigenvalue weighted by Gasteiger charge is -2.03. The van der Waals surface area contributed by atoms with Crippen LogP contribution in [0.25, 0.3) is 0 Å². The highest BCUT2D eigenvalue weighted by Gasteiger charge is 2.13. The average molecular weight is 173 g/mol. The molecule has 0 bridgehead atoms. The summed E-state index contributed by atoms with van der Waals surface area (Å²) in [4.78, 5) is 0. The molecule has 1 atom stereocenters. The first-order chi connectivity index (χ1) is 6.38. The molecule has 1 aromatic carbocycles. The lowest BCUT2D eigenvalue weighted by atomic mass is 10.1. The molecule has 2 rings (SSSR count). The molecule has 2 aromatic rings. The Labute approximate surface area is 76.4 Å². The molecule has 0 N–H and O–H groups in total. The van der Waals surface area contributed by atoms with Crippen LogP contribution in [0.4, 0.5) is 0 Å². The van der Waals surface area contributed by atoms with Crippen LogP contribution in [0.2, 0.25) is 0 Å². The topological polar surface area (TPSA) is 33.0 Å². The van der Waals surface area contributed by atoms with Crippen LogP contribution in [0.1, 0.15) is 17.4 Å². The molecule has 65 valence electrons. The Morgan fingerprint density at radius 3 is 2.38 bits per heavy atom. The highest BCUT2D eigenvalue weighted by molar-refractivity contribution is 5.23. The van der Waals surface area contributed by atoms with Gasteiger partial charge in [0, 0.05) is 0 Å². The Kier molecular flexibility index (Phi) is 2.15. The number of hydrogen-bond donors (Lipinski definition) is 0. The van der Waals surface area contributed by atoms with Crippen LogP contribution in [0, 0.1) is 0 Å². The molecule has 0 aliphatic carbocycles. The zero-order valence-electron chi connectivity index (χ0n) is 7.01. The summed E-state index contributed by atoms with van der Waals surface area (Å²) in [7, 11) is 0. The van der Waals surface area contributed by atoms with E-state index < -0.39 is 6.10 Å². The van der Waals surface area contributed by atoms with Crippen LogP contribution in [-0.2, 0) is 5.11 Å². The number of hydrogen-bond acceptors (Lipinski definition) is 1. The van der Waals surface area contributed by atoms with Crippen molar-refractivity contribution >= 4 is 0 Å². The van der Waals surface area contributed by atoms with Gasteiger partial charge in [-0.05, 0) is 17.7 Å². The van der Waals surface area contributed by atoms with Crippen molar-refractivity contribution in [2.45, 2.75) is 6.10 Å². The molecule has 0 amide bonds. The first-order valence-electron chi connectivity index (χ1n) is 4.12. The summed E-state index contributed by atoms with van der Waals surface area (Å²) >= 11 is 0. The van der Waals surface area contributed by atoms with Gasteiger partial charge in [0.15, 0.2) is 6.10 Å². The van der Waals surface area contributed by atoms with Crippen molar-refractivity contribution < 1.29 is 9.52 Å². The first-order valence-corrected chi connectivity index (χ1v) is 4.12. The summed E-state index contributed by atoms with van der Waals surface area (Å²) in [6.07, 6.45) is 0.611. The highest BCUT2D eigenvalue weighted by atomic mass is 16.4. The maximum atomic E-state index is 11.7. The fourth-order valence-corrected chi connectivity index (χ4v) is 1.23. The Morgan fingerprint density at radius 2 is 1.77 bits per heavy atom. The molecule has 0 aliphatic heterocycles. The van der Waals surface area contributed by atoms with Crippen molar-refractivity contribution in [3.05, 3.63) is 60.1 Å². The lowest BCUT2D eigenvalue weighted by Crippen LogP contribution is -1.94. The van der Waals surface area contributed by atoms with Crippen LogP contribution in [0.5, 0.6) is 0 Å². The van der Waals surface area contributed by atoms with Crippen LogP contribution >= 0.6 is 0 Å². The van der Waals surface area contributed by atoms with Crippen molar-refractivity contribution in [1.82, 2.24) is 0 Å². The van der Waals surface area contributed by atoms with Crippen molar-refractivity contribution in [1.29, 1.82) is 0 Å². The smallest absolute Gasteiger partial charge is 0.175 e. The summed E-state index contributed by atoms with van der Waals surface area (Å²) in [5, 5.41) is 11.7. The Morgan fingerprint density at radius 1 is 1.00 bits per heavy atom. The van der Waals surface area contributed by atoms with Gasteiger partial charge in [-0.15, -0.1) is 0 Å². The van der Waals surface area contributed by atoms with E-state index in [2.05, 4.69) is 0 Å². The Balaban J connectivity index is 2.29. The summed E-state index contributed by atoms with van der Waals surface area (Å²) < 4.78 is 5.04. The minimum atomic E-state index is -0.906. The largest absolute Gasteiger partial charge is 0.466 e. The molecule has 13 heavy (non-hydrogen) atoms. The molecular weight excluding hydrogens is 164 g/mol. The lowest BCUT2D eigenvalue weighted by molar-refractivity contribution is 0.103. The van der Waals surface area contributed by atoms with Crippen molar-refractivity contribution in [3.8, 4) is 0 Å². The van der Waals surface area contributed by atoms with Crippen LogP contribution in [-0.4, -0.2) is 0 Å². The van der Waals surface area contributed by atoms with E-state index in [4.69, 9.17) is 4.42 Å². The zero-order valence-corrected chi connectivity index (χ0v) is 7.01. The van der Waals surface area contributed by atoms with Gasteiger partial charge < -0.3 is 4.42 Å². The van der Waals surface area contributed by atoms with E-state index in [0.717, 1.165) is 5.56 Å². The molecule has 1 aromatic heterocycles. The van der Waals surface area contributed by atoms with Gasteiger partial charge in [-0.1, -0.05) is 30.3 Å². The van der Waals surface area contributed by atoms with Crippen LogP contribution < -0.4 is 0 Å². The molecule has 2 heteroatoms. The van der Waals surface area contributed by atoms with Gasteiger partial charge in [0.1, 0.15) is 5.76 Å². The van der Waals surface area contributed by atoms with Crippen molar-refractivity contribution in [3.63, 3.8) is 0 Å². The fraction of sp³-hybridized carbons (Fsp3) is 0.0909. The minimum absolute atomic E-state index is 0.464. The first kappa shape index (κ1) is 8.08. The predicted molar refractivity (Wildman–Crippen MR) is 47.7 cm³/mol. The maximum absolute atomic E-state index is 11.7. The summed E-state index contributed by atoms with van der Waals surface area (Å²) in [5.74, 6) is 0.464. The number of furan rings is 1. The molecule has 1 radical (unpaired) electrons. The van der Waals surface area contributed by atoms with Gasteiger partial charge in [-0.25, -0.2) is 5.11 Å². The molecular formula is C11H9O2. The SMILES string of the molecule is [O]C(c1ccccc1)c1ccco1. The normalized spacial score (nSPS) is 12.7. The van der Waals surface area contributed by atoms with Gasteiger partial charge in [0.25, 0.3) is 0 Å². The second kappa shape index (κ2) is 3.46. The zero-order chi connectivity index (χ0) is 9.10. The third-order valence-electron chi connectivity index (χ3n) is 1.90. The van der Waals surface area contributed by atoms with Gasteiger partial charge >= 0.3 is 0 Å². The highest BCUT2D eigenvalue weighted by Crippen LogP contribution is 2.21. The quantitative estimate of drug-likeness (QED) is 0.687. The van der Waals surface area contributed by atoms with Gasteiger partial charge in [0.05, 0.1) is 6.26 Å². The number of benzene rings is 1. The molecule has 2 nitrogen and oxygen atoms in total. The maximum Gasteiger partial charge on any atom is 0.175 e. The Hall–Kier alpha value is -1.54. The van der Waals surface area contributed by atoms with Gasteiger partial charge in [-0.3, -0.25) is 0 Å². The molecule has 0 spiro atoms. The second-order valence-electron chi connectivity index (χ2n) is 2.81. The molecule has 1 unspecified atom stereocenters. The standard InChI is InChI=1S/C11H9O2/c12-11(10-7-4-8-13-10)9-5-2-1-3-6-9/h1-8,11H. The number of rotatable bonds is 2. The van der Waals surface area contributed by atoms with E-state index in [1.807, 2.05) is 18.2 Å². The second-order valence-corrected chi connectivity index (χ2v) is 2.81. The van der Waals surface area contributed by atoms with Crippen LogP contribution in [0.15, 0.2) is 53.1 Å². The van der Waals surface area contributed by atoms with E-state index in [-0.39, 0.29) is 0 Å². The average Bonchev–Trinajstić information content (AvgIpc) is 2.71. The molecule has 0 aliphatic rings. The van der Waals surface area contributed by atoms with E-state index >= 15 is 0 Å². The van der Waals surface area contributed by atoms with Crippen molar-refractivity contribution in [2.24, 2.45) is 0 Å². The Bertz CT molecular complexity index is 351. The minimum Gasteiger partial charge on any atom is -0.466 e. The third kappa shape index (κ3) is 1.63. The molecule has 0 saturated heterocycles. The summed E-state index contributed by atoms with van der Waals surface area (Å²) in [5.41, 5.74) is 0.734. The third-order valence-corrected chi connectivity index (χ3v) is 1.90. The fourth-order valence-electron chi connectivity index (χ4n) is 1.23. The summed E-state index contributed by atoms with van der Waals surface area (Å²) in [6.45, 7) is 0. The monoisotopic (exact) mass is 173 g/mol. The molecule has 0 saturated carbocycles. The van der Waals surface area contributed by atoms with Crippen LogP contribution in [0.3, 0.4) is 0 Å². The summed E-state index contributed by atoms with van der Waals surface area (Å²) in [6, 6.07) is 12.6. The molecule has 1 heterocycles. The van der Waals surface area contributed by atoms with Crippen molar-refractivity contribution in [2.75, 3.05) is 0 Å². The van der Waals surface area contributed by atoms with E-state index in [1.54, 1.807) is 24.3 Å². The van der Waals surface area contributed by atoms with E-state index in [1.165, 1.54) is 6.26 Å². The van der Waals surface area contributed by atoms with E-state index in [0.29, 0.717) is 5.76 Å². The molecule has 0 fully saturated rings. The van der Waals surface area contributed by atoms with Gasteiger partial charge in [0.2, 0.25) is 0 Å². The van der Waals surface area contributed by atoms with Gasteiger partial charge in [-0.2, -0.15) is 0 Å². The van der Waals surface area contributed by atoms with E-state index in [9.17, 15) is 5.11 Å².